The zero-order valence-electron chi connectivity index (χ0n) is 9.76. The molecule has 21 heavy (non-hydrogen) atoms. The van der Waals surface area contributed by atoms with Gasteiger partial charge in [0.25, 0.3) is 5.56 Å². The van der Waals surface area contributed by atoms with E-state index < -0.39 is 23.1 Å². The molecule has 4 nitrogen and oxygen atoms in total. The van der Waals surface area contributed by atoms with Crippen molar-refractivity contribution in [3.8, 4) is 5.69 Å². The topological polar surface area (TPSA) is 54.9 Å². The van der Waals surface area contributed by atoms with Gasteiger partial charge in [0.05, 0.1) is 15.7 Å². The summed E-state index contributed by atoms with van der Waals surface area (Å²) in [5.41, 5.74) is -3.94. The van der Waals surface area contributed by atoms with Crippen LogP contribution in [0.1, 0.15) is 5.69 Å². The van der Waals surface area contributed by atoms with Crippen LogP contribution in [0.15, 0.2) is 27.8 Å². The second-order valence-electron chi connectivity index (χ2n) is 3.88. The van der Waals surface area contributed by atoms with Gasteiger partial charge in [0.2, 0.25) is 0 Å². The number of alkyl halides is 3. The highest BCUT2D eigenvalue weighted by atomic mass is 127. The van der Waals surface area contributed by atoms with Gasteiger partial charge in [0.1, 0.15) is 5.69 Å². The van der Waals surface area contributed by atoms with Crippen LogP contribution in [0.5, 0.6) is 0 Å². The number of nitrogens with one attached hydrogen (secondary N) is 1. The molecule has 2 aromatic rings. The summed E-state index contributed by atoms with van der Waals surface area (Å²) in [6, 6.07) is 2.91. The summed E-state index contributed by atoms with van der Waals surface area (Å²) in [4.78, 5) is 25.2. The van der Waals surface area contributed by atoms with Crippen molar-refractivity contribution in [3.05, 3.63) is 58.3 Å². The number of halogens is 6. The minimum absolute atomic E-state index is 0.0103. The van der Waals surface area contributed by atoms with Crippen LogP contribution in [0.3, 0.4) is 0 Å². The third-order valence-electron chi connectivity index (χ3n) is 2.47. The average molecular weight is 451 g/mol. The van der Waals surface area contributed by atoms with Crippen molar-refractivity contribution in [1.82, 2.24) is 9.55 Å². The second-order valence-corrected chi connectivity index (χ2v) is 5.85. The first kappa shape index (κ1) is 16.4. The third-order valence-corrected chi connectivity index (χ3v) is 4.30. The van der Waals surface area contributed by atoms with E-state index in [1.165, 1.54) is 12.1 Å². The maximum atomic E-state index is 12.5. The summed E-state index contributed by atoms with van der Waals surface area (Å²) >= 11 is 13.7. The number of benzene rings is 1. The van der Waals surface area contributed by atoms with E-state index in [-0.39, 0.29) is 21.8 Å². The van der Waals surface area contributed by atoms with Crippen LogP contribution < -0.4 is 11.2 Å². The first-order chi connectivity index (χ1) is 9.61. The molecule has 10 heteroatoms. The van der Waals surface area contributed by atoms with Crippen LogP contribution in [-0.2, 0) is 6.18 Å². The van der Waals surface area contributed by atoms with Crippen LogP contribution in [0, 0.1) is 3.57 Å². The normalized spacial score (nSPS) is 11.7. The van der Waals surface area contributed by atoms with Gasteiger partial charge in [-0.3, -0.25) is 4.79 Å². The largest absolute Gasteiger partial charge is 0.431 e. The molecule has 0 radical (unpaired) electrons. The van der Waals surface area contributed by atoms with Crippen molar-refractivity contribution in [2.24, 2.45) is 0 Å². The number of aromatic amines is 1. The fourth-order valence-corrected chi connectivity index (χ4v) is 2.62. The standard InChI is InChI=1S/C11H4Cl2F3IN2O2/c12-4-2-7(5(13)1-6(4)17)19-9(20)3-8(11(14,15)16)18-10(19)21/h1-3H,(H,18,21). The molecule has 1 heterocycles. The molecule has 0 unspecified atom stereocenters. The molecule has 1 aromatic carbocycles. The number of nitrogens with zero attached hydrogens (tertiary/aromatic N) is 1. The van der Waals surface area contributed by atoms with Crippen molar-refractivity contribution >= 4 is 45.8 Å². The lowest BCUT2D eigenvalue weighted by molar-refractivity contribution is -0.141. The van der Waals surface area contributed by atoms with Crippen molar-refractivity contribution in [1.29, 1.82) is 0 Å². The van der Waals surface area contributed by atoms with Gasteiger partial charge in [0.15, 0.2) is 0 Å². The predicted molar refractivity (Wildman–Crippen MR) is 80.4 cm³/mol. The summed E-state index contributed by atoms with van der Waals surface area (Å²) < 4.78 is 38.6. The molecule has 0 amide bonds. The van der Waals surface area contributed by atoms with E-state index >= 15 is 0 Å². The number of hydrogen-bond acceptors (Lipinski definition) is 2. The summed E-state index contributed by atoms with van der Waals surface area (Å²) in [5.74, 6) is 0. The second kappa shape index (κ2) is 5.65. The number of aromatic nitrogens is 2. The molecule has 0 bridgehead atoms. The quantitative estimate of drug-likeness (QED) is 0.534. The Morgan fingerprint density at radius 1 is 1.10 bits per heavy atom. The molecule has 0 aliphatic heterocycles. The van der Waals surface area contributed by atoms with Crippen LogP contribution >= 0.6 is 45.8 Å². The summed E-state index contributed by atoms with van der Waals surface area (Å²) in [6.07, 6.45) is -4.83. The van der Waals surface area contributed by atoms with Gasteiger partial charge in [0, 0.05) is 9.64 Å². The highest BCUT2D eigenvalue weighted by molar-refractivity contribution is 14.1. The van der Waals surface area contributed by atoms with Crippen LogP contribution in [0.2, 0.25) is 10.0 Å². The highest BCUT2D eigenvalue weighted by Gasteiger charge is 2.33. The molecule has 1 aromatic heterocycles. The number of H-pyrrole nitrogens is 1. The fourth-order valence-electron chi connectivity index (χ4n) is 1.56. The van der Waals surface area contributed by atoms with Gasteiger partial charge in [-0.15, -0.1) is 0 Å². The van der Waals surface area contributed by atoms with Gasteiger partial charge >= 0.3 is 11.9 Å². The van der Waals surface area contributed by atoms with E-state index in [0.717, 1.165) is 0 Å². The zero-order valence-corrected chi connectivity index (χ0v) is 13.4. The van der Waals surface area contributed by atoms with E-state index in [9.17, 15) is 22.8 Å². The molecule has 0 fully saturated rings. The van der Waals surface area contributed by atoms with Crippen molar-refractivity contribution in [3.63, 3.8) is 0 Å². The van der Waals surface area contributed by atoms with Crippen LogP contribution in [-0.4, -0.2) is 9.55 Å². The fraction of sp³-hybridized carbons (Fsp3) is 0.0909. The summed E-state index contributed by atoms with van der Waals surface area (Å²) in [5, 5.41) is 0.220. The summed E-state index contributed by atoms with van der Waals surface area (Å²) in [6.45, 7) is 0. The van der Waals surface area contributed by atoms with Gasteiger partial charge in [-0.05, 0) is 34.7 Å². The lowest BCUT2D eigenvalue weighted by atomic mass is 10.3. The molecule has 0 saturated heterocycles. The SMILES string of the molecule is O=c1cc(C(F)(F)F)[nH]c(=O)n1-c1cc(Cl)c(I)cc1Cl. The Labute approximate surface area is 138 Å². The van der Waals surface area contributed by atoms with Crippen molar-refractivity contribution in [2.75, 3.05) is 0 Å². The first-order valence-corrected chi connectivity index (χ1v) is 7.03. The maximum Gasteiger partial charge on any atom is 0.431 e. The van der Waals surface area contributed by atoms with E-state index in [1.807, 2.05) is 22.6 Å². The van der Waals surface area contributed by atoms with E-state index in [1.54, 1.807) is 4.98 Å². The molecule has 1 N–H and O–H groups in total. The Balaban J connectivity index is 2.75. The minimum Gasteiger partial charge on any atom is -0.303 e. The molecule has 0 aliphatic rings. The van der Waals surface area contributed by atoms with Crippen molar-refractivity contribution in [2.45, 2.75) is 6.18 Å². The van der Waals surface area contributed by atoms with Crippen LogP contribution in [0.25, 0.3) is 5.69 Å². The Kier molecular flexibility index (Phi) is 4.41. The number of rotatable bonds is 1. The minimum atomic E-state index is -4.83. The summed E-state index contributed by atoms with van der Waals surface area (Å²) in [7, 11) is 0. The Hall–Kier alpha value is -1.000. The molecule has 0 spiro atoms. The number of hydrogen-bond donors (Lipinski definition) is 1. The lowest BCUT2D eigenvalue weighted by Gasteiger charge is -2.11. The van der Waals surface area contributed by atoms with E-state index in [4.69, 9.17) is 23.2 Å². The Morgan fingerprint density at radius 2 is 1.71 bits per heavy atom. The molecule has 0 atom stereocenters. The Bertz CT molecular complexity index is 798. The highest BCUT2D eigenvalue weighted by Crippen LogP contribution is 2.28. The monoisotopic (exact) mass is 450 g/mol. The van der Waals surface area contributed by atoms with Gasteiger partial charge in [-0.2, -0.15) is 13.2 Å². The Morgan fingerprint density at radius 3 is 2.24 bits per heavy atom. The third kappa shape index (κ3) is 3.27. The molecule has 0 aliphatic carbocycles. The van der Waals surface area contributed by atoms with Crippen LogP contribution in [0.4, 0.5) is 13.2 Å². The molecular formula is C11H4Cl2F3IN2O2. The molecule has 0 saturated carbocycles. The molecular weight excluding hydrogens is 447 g/mol. The predicted octanol–water partition coefficient (Wildman–Crippen LogP) is 3.46. The van der Waals surface area contributed by atoms with Gasteiger partial charge in [-0.1, -0.05) is 23.2 Å². The van der Waals surface area contributed by atoms with Gasteiger partial charge < -0.3 is 4.98 Å². The van der Waals surface area contributed by atoms with E-state index in [0.29, 0.717) is 8.14 Å². The van der Waals surface area contributed by atoms with Crippen molar-refractivity contribution < 1.29 is 13.2 Å². The maximum absolute atomic E-state index is 12.5. The smallest absolute Gasteiger partial charge is 0.303 e. The van der Waals surface area contributed by atoms with Gasteiger partial charge in [-0.25, -0.2) is 9.36 Å². The first-order valence-electron chi connectivity index (χ1n) is 5.20. The van der Waals surface area contributed by atoms with E-state index in [2.05, 4.69) is 0 Å². The molecule has 2 rings (SSSR count). The zero-order chi connectivity index (χ0) is 15.9. The average Bonchev–Trinajstić information content (AvgIpc) is 2.33. The molecule has 112 valence electrons. The lowest BCUT2D eigenvalue weighted by Crippen LogP contribution is -2.36.